The molecule has 1 aliphatic heterocycles. The van der Waals surface area contributed by atoms with Gasteiger partial charge in [0.1, 0.15) is 12.1 Å². The van der Waals surface area contributed by atoms with Crippen LogP contribution in [-0.4, -0.2) is 63.6 Å². The van der Waals surface area contributed by atoms with Crippen molar-refractivity contribution in [3.05, 3.63) is 35.4 Å². The van der Waals surface area contributed by atoms with Crippen molar-refractivity contribution in [2.75, 3.05) is 13.1 Å². The third-order valence-electron chi connectivity index (χ3n) is 5.33. The molecule has 8 heteroatoms. The summed E-state index contributed by atoms with van der Waals surface area (Å²) in [6, 6.07) is 6.48. The fourth-order valence-electron chi connectivity index (χ4n) is 3.93. The predicted molar refractivity (Wildman–Crippen MR) is 115 cm³/mol. The lowest BCUT2D eigenvalue weighted by atomic mass is 9.96. The Morgan fingerprint density at radius 3 is 2.45 bits per heavy atom. The number of carboxylic acid groups (broad SMARTS) is 1. The van der Waals surface area contributed by atoms with Crippen LogP contribution in [0.25, 0.3) is 0 Å². The van der Waals surface area contributed by atoms with Gasteiger partial charge in [-0.3, -0.25) is 9.59 Å². The van der Waals surface area contributed by atoms with Crippen LogP contribution < -0.4 is 10.4 Å². The van der Waals surface area contributed by atoms with Gasteiger partial charge in [-0.05, 0) is 51.2 Å². The van der Waals surface area contributed by atoms with Gasteiger partial charge in [-0.1, -0.05) is 32.0 Å². The molecule has 0 saturated carbocycles. The summed E-state index contributed by atoms with van der Waals surface area (Å²) in [7, 11) is 0. The van der Waals surface area contributed by atoms with Gasteiger partial charge in [0.2, 0.25) is 5.91 Å². The van der Waals surface area contributed by atoms with Crippen molar-refractivity contribution in [3.8, 4) is 0 Å². The molecule has 0 fully saturated rings. The van der Waals surface area contributed by atoms with E-state index in [2.05, 4.69) is 5.32 Å². The number of aliphatic hydroxyl groups is 1. The van der Waals surface area contributed by atoms with E-state index in [1.165, 1.54) is 0 Å². The third-order valence-corrected chi connectivity index (χ3v) is 5.33. The van der Waals surface area contributed by atoms with Crippen LogP contribution in [-0.2, 0) is 11.3 Å². The van der Waals surface area contributed by atoms with Crippen molar-refractivity contribution in [1.29, 1.82) is 0 Å². The minimum absolute atomic E-state index is 0.105. The molecule has 172 valence electrons. The first-order valence-electron chi connectivity index (χ1n) is 10.7. The molecule has 3 amide bonds. The van der Waals surface area contributed by atoms with E-state index < -0.39 is 29.7 Å². The molecule has 0 bridgehead atoms. The van der Waals surface area contributed by atoms with Crippen LogP contribution in [0.1, 0.15) is 63.4 Å². The fourth-order valence-corrected chi connectivity index (χ4v) is 3.93. The molecule has 0 saturated heterocycles. The lowest BCUT2D eigenvalue weighted by Crippen LogP contribution is -2.61. The molecule has 1 aromatic carbocycles. The number of rotatable bonds is 9. The quantitative estimate of drug-likeness (QED) is 0.612. The van der Waals surface area contributed by atoms with Gasteiger partial charge in [0, 0.05) is 30.7 Å². The van der Waals surface area contributed by atoms with Crippen LogP contribution in [0.5, 0.6) is 0 Å². The van der Waals surface area contributed by atoms with Gasteiger partial charge in [0.25, 0.3) is 5.91 Å². The summed E-state index contributed by atoms with van der Waals surface area (Å²) in [5, 5.41) is 24.8. The first-order valence-corrected chi connectivity index (χ1v) is 10.7. The van der Waals surface area contributed by atoms with Crippen molar-refractivity contribution in [1.82, 2.24) is 15.1 Å². The number of carbonyl (C=O) groups excluding carboxylic acids is 3. The Morgan fingerprint density at radius 2 is 1.90 bits per heavy atom. The zero-order valence-corrected chi connectivity index (χ0v) is 19.1. The second kappa shape index (κ2) is 10.1. The third kappa shape index (κ3) is 6.43. The number of nitrogens with zero attached hydrogens (tertiary/aromatic N) is 2. The van der Waals surface area contributed by atoms with Crippen LogP contribution in [0.3, 0.4) is 0 Å². The highest BCUT2D eigenvalue weighted by molar-refractivity contribution is 5.98. The molecule has 0 radical (unpaired) electrons. The molecule has 31 heavy (non-hydrogen) atoms. The molecular formula is C23H34N3O5-. The summed E-state index contributed by atoms with van der Waals surface area (Å²) in [6.07, 6.45) is -1.58. The van der Waals surface area contributed by atoms with E-state index in [0.717, 1.165) is 10.5 Å². The number of hydrogen-bond acceptors (Lipinski definition) is 5. The van der Waals surface area contributed by atoms with E-state index in [4.69, 9.17) is 0 Å². The van der Waals surface area contributed by atoms with Crippen molar-refractivity contribution >= 4 is 17.9 Å². The fraction of sp³-hybridized carbons (Fsp3) is 0.609. The molecule has 0 aliphatic carbocycles. The standard InChI is InChI=1S/C23H35N3O5/c1-15(2)12-19(26(22(30)31)23(3,4)5)20(28)24-11-10-17(27)14-25-13-16-8-6-7-9-18(16)21(25)29/h6-9,15,17,19,27H,10-14H2,1-5H3,(H,24,28)(H,30,31)/p-1/t17-,19-/m0/s1. The van der Waals surface area contributed by atoms with Gasteiger partial charge in [0.05, 0.1) is 6.10 Å². The van der Waals surface area contributed by atoms with Crippen molar-refractivity contribution in [3.63, 3.8) is 0 Å². The lowest BCUT2D eigenvalue weighted by Gasteiger charge is -2.43. The molecule has 1 aromatic rings. The molecule has 0 unspecified atom stereocenters. The average molecular weight is 433 g/mol. The van der Waals surface area contributed by atoms with Gasteiger partial charge in [0.15, 0.2) is 0 Å². The SMILES string of the molecule is CC(C)C[C@@H](C(=O)NCC[C@H](O)CN1Cc2ccccc2C1=O)N(C(=O)[O-])C(C)(C)C. The maximum atomic E-state index is 12.8. The second-order valence-corrected chi connectivity index (χ2v) is 9.53. The number of aliphatic hydroxyl groups excluding tert-OH is 1. The van der Waals surface area contributed by atoms with Gasteiger partial charge in [-0.2, -0.15) is 0 Å². The number of β-amino-alcohol motifs (C(OH)–C–C–N with tert-alkyl or cyclic N) is 1. The Balaban J connectivity index is 1.91. The van der Waals surface area contributed by atoms with Crippen LogP contribution in [0.4, 0.5) is 4.79 Å². The van der Waals surface area contributed by atoms with Crippen LogP contribution in [0, 0.1) is 5.92 Å². The topological polar surface area (TPSA) is 113 Å². The maximum Gasteiger partial charge on any atom is 0.254 e. The zero-order chi connectivity index (χ0) is 23.3. The van der Waals surface area contributed by atoms with Gasteiger partial charge >= 0.3 is 0 Å². The first kappa shape index (κ1) is 24.7. The highest BCUT2D eigenvalue weighted by atomic mass is 16.4. The average Bonchev–Trinajstić information content (AvgIpc) is 2.95. The van der Waals surface area contributed by atoms with E-state index in [1.54, 1.807) is 31.7 Å². The van der Waals surface area contributed by atoms with Crippen molar-refractivity contribution < 1.29 is 24.6 Å². The normalized spacial score (nSPS) is 15.6. The summed E-state index contributed by atoms with van der Waals surface area (Å²) < 4.78 is 0. The second-order valence-electron chi connectivity index (χ2n) is 9.53. The van der Waals surface area contributed by atoms with Gasteiger partial charge in [-0.25, -0.2) is 0 Å². The summed E-state index contributed by atoms with van der Waals surface area (Å²) in [5.41, 5.74) is 0.804. The van der Waals surface area contributed by atoms with Gasteiger partial charge in [-0.15, -0.1) is 0 Å². The maximum absolute atomic E-state index is 12.8. The lowest BCUT2D eigenvalue weighted by molar-refractivity contribution is -0.273. The van der Waals surface area contributed by atoms with Crippen LogP contribution in [0.2, 0.25) is 0 Å². The van der Waals surface area contributed by atoms with Crippen LogP contribution >= 0.6 is 0 Å². The molecule has 2 atom stereocenters. The largest absolute Gasteiger partial charge is 0.530 e. The molecule has 2 N–H and O–H groups in total. The first-order chi connectivity index (χ1) is 14.4. The minimum Gasteiger partial charge on any atom is -0.530 e. The van der Waals surface area contributed by atoms with Crippen LogP contribution in [0.15, 0.2) is 24.3 Å². The summed E-state index contributed by atoms with van der Waals surface area (Å²) >= 11 is 0. The van der Waals surface area contributed by atoms with Crippen molar-refractivity contribution in [2.45, 2.75) is 71.7 Å². The highest BCUT2D eigenvalue weighted by Gasteiger charge is 2.34. The van der Waals surface area contributed by atoms with E-state index in [9.17, 15) is 24.6 Å². The summed E-state index contributed by atoms with van der Waals surface area (Å²) in [4.78, 5) is 39.6. The minimum atomic E-state index is -1.39. The van der Waals surface area contributed by atoms with Gasteiger partial charge < -0.3 is 30.1 Å². The zero-order valence-electron chi connectivity index (χ0n) is 19.1. The highest BCUT2D eigenvalue weighted by Crippen LogP contribution is 2.23. The number of fused-ring (bicyclic) bond motifs is 1. The summed E-state index contributed by atoms with van der Waals surface area (Å²) in [5.74, 6) is -0.413. The monoisotopic (exact) mass is 432 g/mol. The Hall–Kier alpha value is -2.61. The Bertz CT molecular complexity index is 803. The summed E-state index contributed by atoms with van der Waals surface area (Å²) in [6.45, 7) is 9.81. The van der Waals surface area contributed by atoms with E-state index >= 15 is 0 Å². The molecule has 8 nitrogen and oxygen atoms in total. The molecule has 2 rings (SSSR count). The Kier molecular flexibility index (Phi) is 8.06. The number of carbonyl (C=O) groups is 3. The Labute approximate surface area is 184 Å². The number of amides is 3. The van der Waals surface area contributed by atoms with Crippen molar-refractivity contribution in [2.24, 2.45) is 5.92 Å². The molecule has 1 aliphatic rings. The molecule has 0 spiro atoms. The van der Waals surface area contributed by atoms with E-state index in [-0.39, 0.29) is 31.3 Å². The smallest absolute Gasteiger partial charge is 0.254 e. The molecule has 1 heterocycles. The predicted octanol–water partition coefficient (Wildman–Crippen LogP) is 1.37. The molecule has 0 aromatic heterocycles. The number of benzene rings is 1. The number of nitrogens with one attached hydrogen (secondary N) is 1. The number of hydrogen-bond donors (Lipinski definition) is 2. The van der Waals surface area contributed by atoms with E-state index in [0.29, 0.717) is 18.5 Å². The van der Waals surface area contributed by atoms with E-state index in [1.807, 2.05) is 32.0 Å². The molecular weight excluding hydrogens is 398 g/mol. The Morgan fingerprint density at radius 1 is 1.26 bits per heavy atom.